The van der Waals surface area contributed by atoms with Gasteiger partial charge in [0.25, 0.3) is 0 Å². The van der Waals surface area contributed by atoms with Crippen LogP contribution < -0.4 is 10.6 Å². The standard InChI is InChI=1S/C13H26N2OS/c1-11(9-14-2)12(16)15-10-13(17-3)7-5-4-6-8-13/h11,14H,4-10H2,1-3H3,(H,15,16). The summed E-state index contributed by atoms with van der Waals surface area (Å²) in [7, 11) is 1.88. The summed E-state index contributed by atoms with van der Waals surface area (Å²) >= 11 is 1.93. The van der Waals surface area contributed by atoms with Crippen molar-refractivity contribution in [2.45, 2.75) is 43.8 Å². The van der Waals surface area contributed by atoms with E-state index in [9.17, 15) is 4.79 Å². The molecule has 0 radical (unpaired) electrons. The van der Waals surface area contributed by atoms with Gasteiger partial charge in [-0.05, 0) is 26.1 Å². The molecule has 0 heterocycles. The van der Waals surface area contributed by atoms with Crippen molar-refractivity contribution >= 4 is 17.7 Å². The van der Waals surface area contributed by atoms with E-state index in [1.165, 1.54) is 32.1 Å². The first-order chi connectivity index (χ1) is 8.13. The Kier molecular flexibility index (Phi) is 6.34. The lowest BCUT2D eigenvalue weighted by atomic mass is 9.88. The molecule has 1 rings (SSSR count). The van der Waals surface area contributed by atoms with Crippen molar-refractivity contribution in [1.82, 2.24) is 10.6 Å². The summed E-state index contributed by atoms with van der Waals surface area (Å²) in [5.41, 5.74) is 0. The zero-order valence-electron chi connectivity index (χ0n) is 11.3. The van der Waals surface area contributed by atoms with Crippen LogP contribution in [0.3, 0.4) is 0 Å². The molecule has 0 aliphatic heterocycles. The second-order valence-electron chi connectivity index (χ2n) is 5.12. The van der Waals surface area contributed by atoms with E-state index in [4.69, 9.17) is 0 Å². The van der Waals surface area contributed by atoms with Crippen LogP contribution in [0, 0.1) is 5.92 Å². The average molecular weight is 258 g/mol. The SMILES string of the molecule is CNCC(C)C(=O)NCC1(SC)CCCCC1. The van der Waals surface area contributed by atoms with E-state index in [0.717, 1.165) is 13.1 Å². The lowest BCUT2D eigenvalue weighted by Crippen LogP contribution is -2.44. The van der Waals surface area contributed by atoms with E-state index >= 15 is 0 Å². The number of amides is 1. The molecule has 1 amide bonds. The maximum atomic E-state index is 11.9. The molecule has 0 aromatic heterocycles. The minimum absolute atomic E-state index is 0.0579. The van der Waals surface area contributed by atoms with Gasteiger partial charge in [0.15, 0.2) is 0 Å². The number of hydrogen-bond acceptors (Lipinski definition) is 3. The number of rotatable bonds is 6. The molecular formula is C13H26N2OS. The van der Waals surface area contributed by atoms with Crippen molar-refractivity contribution in [2.75, 3.05) is 26.4 Å². The third kappa shape index (κ3) is 4.51. The van der Waals surface area contributed by atoms with Crippen molar-refractivity contribution in [1.29, 1.82) is 0 Å². The van der Waals surface area contributed by atoms with Gasteiger partial charge < -0.3 is 10.6 Å². The number of thioether (sulfide) groups is 1. The molecule has 1 unspecified atom stereocenters. The number of carbonyl (C=O) groups excluding carboxylic acids is 1. The second-order valence-corrected chi connectivity index (χ2v) is 6.40. The fourth-order valence-corrected chi connectivity index (χ4v) is 3.38. The van der Waals surface area contributed by atoms with Crippen molar-refractivity contribution in [3.63, 3.8) is 0 Å². The lowest BCUT2D eigenvalue weighted by molar-refractivity contribution is -0.124. The highest BCUT2D eigenvalue weighted by Gasteiger charge is 2.31. The molecule has 17 heavy (non-hydrogen) atoms. The first-order valence-electron chi connectivity index (χ1n) is 6.61. The Labute approximate surface area is 109 Å². The van der Waals surface area contributed by atoms with Crippen molar-refractivity contribution in [3.8, 4) is 0 Å². The number of nitrogens with one attached hydrogen (secondary N) is 2. The normalized spacial score (nSPS) is 20.9. The highest BCUT2D eigenvalue weighted by molar-refractivity contribution is 8.00. The number of hydrogen-bond donors (Lipinski definition) is 2. The van der Waals surface area contributed by atoms with Crippen molar-refractivity contribution in [3.05, 3.63) is 0 Å². The van der Waals surface area contributed by atoms with E-state index in [2.05, 4.69) is 16.9 Å². The summed E-state index contributed by atoms with van der Waals surface area (Å²) in [6, 6.07) is 0. The van der Waals surface area contributed by atoms with Gasteiger partial charge in [0.2, 0.25) is 5.91 Å². The predicted octanol–water partition coefficient (Wildman–Crippen LogP) is 2.02. The van der Waals surface area contributed by atoms with Crippen LogP contribution >= 0.6 is 11.8 Å². The maximum absolute atomic E-state index is 11.9. The van der Waals surface area contributed by atoms with Crippen LogP contribution in [0.1, 0.15) is 39.0 Å². The molecule has 1 fully saturated rings. The van der Waals surface area contributed by atoms with Gasteiger partial charge in [-0.1, -0.05) is 26.2 Å². The Hall–Kier alpha value is -0.220. The van der Waals surface area contributed by atoms with Crippen molar-refractivity contribution < 1.29 is 4.79 Å². The first kappa shape index (κ1) is 14.8. The minimum Gasteiger partial charge on any atom is -0.354 e. The van der Waals surface area contributed by atoms with Gasteiger partial charge in [0.1, 0.15) is 0 Å². The van der Waals surface area contributed by atoms with Gasteiger partial charge in [0, 0.05) is 23.8 Å². The molecule has 0 aromatic carbocycles. The van der Waals surface area contributed by atoms with Gasteiger partial charge in [-0.2, -0.15) is 11.8 Å². The summed E-state index contributed by atoms with van der Waals surface area (Å²) < 4.78 is 0.299. The van der Waals surface area contributed by atoms with Crippen LogP contribution in [-0.2, 0) is 4.79 Å². The van der Waals surface area contributed by atoms with E-state index in [1.54, 1.807) is 0 Å². The third-order valence-corrected chi connectivity index (χ3v) is 5.16. The summed E-state index contributed by atoms with van der Waals surface area (Å²) in [4.78, 5) is 11.9. The van der Waals surface area contributed by atoms with Gasteiger partial charge in [-0.3, -0.25) is 4.79 Å². The average Bonchev–Trinajstić information content (AvgIpc) is 2.37. The molecule has 1 saturated carbocycles. The zero-order chi connectivity index (χ0) is 12.7. The monoisotopic (exact) mass is 258 g/mol. The van der Waals surface area contributed by atoms with E-state index in [-0.39, 0.29) is 11.8 Å². The Bertz CT molecular complexity index is 240. The molecular weight excluding hydrogens is 232 g/mol. The Morgan fingerprint density at radius 3 is 2.53 bits per heavy atom. The molecule has 1 aliphatic rings. The van der Waals surface area contributed by atoms with Crippen LogP contribution in [0.15, 0.2) is 0 Å². The Balaban J connectivity index is 2.39. The smallest absolute Gasteiger partial charge is 0.224 e. The van der Waals surface area contributed by atoms with E-state index in [0.29, 0.717) is 4.75 Å². The van der Waals surface area contributed by atoms with E-state index in [1.807, 2.05) is 25.7 Å². The fourth-order valence-electron chi connectivity index (χ4n) is 2.47. The molecule has 4 heteroatoms. The largest absolute Gasteiger partial charge is 0.354 e. The Morgan fingerprint density at radius 2 is 2.00 bits per heavy atom. The van der Waals surface area contributed by atoms with Gasteiger partial charge in [-0.25, -0.2) is 0 Å². The summed E-state index contributed by atoms with van der Waals surface area (Å²) in [5.74, 6) is 0.237. The van der Waals surface area contributed by atoms with Gasteiger partial charge >= 0.3 is 0 Å². The van der Waals surface area contributed by atoms with Gasteiger partial charge in [-0.15, -0.1) is 0 Å². The lowest BCUT2D eigenvalue weighted by Gasteiger charge is -2.36. The first-order valence-corrected chi connectivity index (χ1v) is 7.83. The highest BCUT2D eigenvalue weighted by atomic mass is 32.2. The molecule has 0 aromatic rings. The van der Waals surface area contributed by atoms with Crippen LogP contribution in [0.2, 0.25) is 0 Å². The molecule has 0 bridgehead atoms. The zero-order valence-corrected chi connectivity index (χ0v) is 12.2. The molecule has 100 valence electrons. The molecule has 0 saturated heterocycles. The summed E-state index contributed by atoms with van der Waals surface area (Å²) in [6.07, 6.45) is 8.64. The molecule has 1 aliphatic carbocycles. The maximum Gasteiger partial charge on any atom is 0.224 e. The highest BCUT2D eigenvalue weighted by Crippen LogP contribution is 2.37. The second kappa shape index (κ2) is 7.27. The van der Waals surface area contributed by atoms with Crippen molar-refractivity contribution in [2.24, 2.45) is 5.92 Å². The molecule has 3 nitrogen and oxygen atoms in total. The third-order valence-electron chi connectivity index (χ3n) is 3.74. The van der Waals surface area contributed by atoms with Gasteiger partial charge in [0.05, 0.1) is 0 Å². The summed E-state index contributed by atoms with van der Waals surface area (Å²) in [6.45, 7) is 3.55. The quantitative estimate of drug-likeness (QED) is 0.766. The molecule has 1 atom stereocenters. The minimum atomic E-state index is 0.0579. The van der Waals surface area contributed by atoms with Crippen LogP contribution in [0.25, 0.3) is 0 Å². The van der Waals surface area contributed by atoms with Crippen LogP contribution in [-0.4, -0.2) is 37.0 Å². The predicted molar refractivity (Wildman–Crippen MR) is 75.4 cm³/mol. The fraction of sp³-hybridized carbons (Fsp3) is 0.923. The Morgan fingerprint density at radius 1 is 1.35 bits per heavy atom. The van der Waals surface area contributed by atoms with E-state index < -0.39 is 0 Å². The summed E-state index contributed by atoms with van der Waals surface area (Å²) in [5, 5.41) is 6.17. The topological polar surface area (TPSA) is 41.1 Å². The van der Waals surface area contributed by atoms with Crippen LogP contribution in [0.4, 0.5) is 0 Å². The molecule has 2 N–H and O–H groups in total. The number of carbonyl (C=O) groups is 1. The van der Waals surface area contributed by atoms with Crippen LogP contribution in [0.5, 0.6) is 0 Å². The molecule has 0 spiro atoms.